The van der Waals surface area contributed by atoms with Crippen LogP contribution in [0.15, 0.2) is 18.2 Å². The van der Waals surface area contributed by atoms with Crippen molar-refractivity contribution in [2.24, 2.45) is 5.92 Å². The molecular formula is C17H27NO3. The molecule has 0 saturated heterocycles. The van der Waals surface area contributed by atoms with Gasteiger partial charge in [-0.25, -0.2) is 0 Å². The zero-order chi connectivity index (χ0) is 15.8. The topological polar surface area (TPSA) is 47.6 Å². The van der Waals surface area contributed by atoms with Crippen LogP contribution in [0.4, 0.5) is 0 Å². The van der Waals surface area contributed by atoms with Crippen molar-refractivity contribution in [2.45, 2.75) is 47.1 Å². The van der Waals surface area contributed by atoms with Gasteiger partial charge in [0.05, 0.1) is 13.2 Å². The van der Waals surface area contributed by atoms with Gasteiger partial charge in [-0.05, 0) is 44.4 Å². The Morgan fingerprint density at radius 3 is 2.43 bits per heavy atom. The fraction of sp³-hybridized carbons (Fsp3) is 0.588. The molecule has 0 heterocycles. The average Bonchev–Trinajstić information content (AvgIpc) is 2.45. The summed E-state index contributed by atoms with van der Waals surface area (Å²) < 4.78 is 11.2. The van der Waals surface area contributed by atoms with Crippen molar-refractivity contribution >= 4 is 5.91 Å². The van der Waals surface area contributed by atoms with Crippen LogP contribution in [-0.2, 0) is 0 Å². The Kier molecular flexibility index (Phi) is 7.06. The molecule has 0 aliphatic heterocycles. The molecule has 118 valence electrons. The highest BCUT2D eigenvalue weighted by Gasteiger charge is 2.15. The molecule has 0 aromatic heterocycles. The summed E-state index contributed by atoms with van der Waals surface area (Å²) in [5.41, 5.74) is 0.592. The minimum atomic E-state index is -0.0841. The summed E-state index contributed by atoms with van der Waals surface area (Å²) in [6, 6.07) is 5.45. The maximum atomic E-state index is 12.2. The van der Waals surface area contributed by atoms with Gasteiger partial charge in [-0.2, -0.15) is 0 Å². The maximum Gasteiger partial charge on any atom is 0.251 e. The second-order valence-electron chi connectivity index (χ2n) is 5.45. The molecule has 0 saturated carbocycles. The van der Waals surface area contributed by atoms with E-state index in [2.05, 4.69) is 26.1 Å². The Hall–Kier alpha value is -1.71. The second kappa shape index (κ2) is 8.55. The van der Waals surface area contributed by atoms with Gasteiger partial charge in [0.1, 0.15) is 0 Å². The zero-order valence-electron chi connectivity index (χ0n) is 13.7. The summed E-state index contributed by atoms with van der Waals surface area (Å²) >= 11 is 0. The van der Waals surface area contributed by atoms with Crippen LogP contribution >= 0.6 is 0 Å². The van der Waals surface area contributed by atoms with E-state index in [1.807, 2.05) is 13.8 Å². The number of rotatable bonds is 8. The minimum Gasteiger partial charge on any atom is -0.490 e. The van der Waals surface area contributed by atoms with Crippen LogP contribution in [0.5, 0.6) is 11.5 Å². The first-order valence-corrected chi connectivity index (χ1v) is 7.70. The third kappa shape index (κ3) is 5.29. The smallest absolute Gasteiger partial charge is 0.251 e. The van der Waals surface area contributed by atoms with Gasteiger partial charge in [0, 0.05) is 11.6 Å². The predicted octanol–water partition coefficient (Wildman–Crippen LogP) is 3.65. The average molecular weight is 293 g/mol. The Bertz CT molecular complexity index is 457. The molecule has 4 heteroatoms. The van der Waals surface area contributed by atoms with Crippen molar-refractivity contribution < 1.29 is 14.3 Å². The SMILES string of the molecule is CCCOc1ccc(C(=O)NC(C)C(C)C)cc1OCC. The first-order valence-electron chi connectivity index (χ1n) is 7.70. The molecular weight excluding hydrogens is 266 g/mol. The summed E-state index contributed by atoms with van der Waals surface area (Å²) in [4.78, 5) is 12.2. The fourth-order valence-electron chi connectivity index (χ4n) is 1.71. The summed E-state index contributed by atoms with van der Waals surface area (Å²) in [5, 5.41) is 2.99. The van der Waals surface area contributed by atoms with Crippen molar-refractivity contribution in [1.29, 1.82) is 0 Å². The Balaban J connectivity index is 2.88. The molecule has 1 atom stereocenters. The van der Waals surface area contributed by atoms with Crippen LogP contribution in [-0.4, -0.2) is 25.2 Å². The molecule has 0 aliphatic carbocycles. The number of carbonyl (C=O) groups is 1. The van der Waals surface area contributed by atoms with Gasteiger partial charge in [-0.1, -0.05) is 20.8 Å². The van der Waals surface area contributed by atoms with Gasteiger partial charge < -0.3 is 14.8 Å². The highest BCUT2D eigenvalue weighted by molar-refractivity contribution is 5.95. The number of nitrogens with one attached hydrogen (secondary N) is 1. The van der Waals surface area contributed by atoms with Crippen molar-refractivity contribution in [1.82, 2.24) is 5.32 Å². The maximum absolute atomic E-state index is 12.2. The molecule has 0 bridgehead atoms. The summed E-state index contributed by atoms with van der Waals surface area (Å²) in [6.07, 6.45) is 0.930. The van der Waals surface area contributed by atoms with Gasteiger partial charge in [0.25, 0.3) is 5.91 Å². The van der Waals surface area contributed by atoms with E-state index in [-0.39, 0.29) is 11.9 Å². The molecule has 1 unspecified atom stereocenters. The first-order chi connectivity index (χ1) is 9.99. The first kappa shape index (κ1) is 17.3. The minimum absolute atomic E-state index is 0.0841. The zero-order valence-corrected chi connectivity index (χ0v) is 13.7. The lowest BCUT2D eigenvalue weighted by Gasteiger charge is -2.18. The summed E-state index contributed by atoms with van der Waals surface area (Å²) in [6.45, 7) is 11.3. The second-order valence-corrected chi connectivity index (χ2v) is 5.45. The highest BCUT2D eigenvalue weighted by atomic mass is 16.5. The lowest BCUT2D eigenvalue weighted by atomic mass is 10.1. The number of benzene rings is 1. The van der Waals surface area contributed by atoms with Crippen molar-refractivity contribution in [2.75, 3.05) is 13.2 Å². The Morgan fingerprint density at radius 1 is 1.14 bits per heavy atom. The van der Waals surface area contributed by atoms with Gasteiger partial charge in [0.2, 0.25) is 0 Å². The molecule has 1 aromatic rings. The normalized spacial score (nSPS) is 12.1. The van der Waals surface area contributed by atoms with E-state index >= 15 is 0 Å². The van der Waals surface area contributed by atoms with Crippen molar-refractivity contribution in [3.63, 3.8) is 0 Å². The Morgan fingerprint density at radius 2 is 1.86 bits per heavy atom. The monoisotopic (exact) mass is 293 g/mol. The van der Waals surface area contributed by atoms with Crippen molar-refractivity contribution in [3.8, 4) is 11.5 Å². The lowest BCUT2D eigenvalue weighted by Crippen LogP contribution is -2.36. The third-order valence-electron chi connectivity index (χ3n) is 3.33. The molecule has 0 aliphatic rings. The van der Waals surface area contributed by atoms with Crippen LogP contribution in [0.2, 0.25) is 0 Å². The molecule has 1 amide bonds. The highest BCUT2D eigenvalue weighted by Crippen LogP contribution is 2.28. The van der Waals surface area contributed by atoms with Crippen LogP contribution in [0.3, 0.4) is 0 Å². The number of hydrogen-bond acceptors (Lipinski definition) is 3. The number of amides is 1. The molecule has 4 nitrogen and oxygen atoms in total. The van der Waals surface area contributed by atoms with E-state index in [1.165, 1.54) is 0 Å². The number of carbonyl (C=O) groups excluding carboxylic acids is 1. The number of hydrogen-bond donors (Lipinski definition) is 1. The molecule has 0 spiro atoms. The van der Waals surface area contributed by atoms with Crippen LogP contribution in [0.25, 0.3) is 0 Å². The van der Waals surface area contributed by atoms with E-state index in [4.69, 9.17) is 9.47 Å². The van der Waals surface area contributed by atoms with Gasteiger partial charge >= 0.3 is 0 Å². The largest absolute Gasteiger partial charge is 0.490 e. The predicted molar refractivity (Wildman–Crippen MR) is 85.2 cm³/mol. The molecule has 1 N–H and O–H groups in total. The molecule has 21 heavy (non-hydrogen) atoms. The van der Waals surface area contributed by atoms with Crippen LogP contribution < -0.4 is 14.8 Å². The van der Waals surface area contributed by atoms with E-state index in [9.17, 15) is 4.79 Å². The lowest BCUT2D eigenvalue weighted by molar-refractivity contribution is 0.0930. The van der Waals surface area contributed by atoms with E-state index in [1.54, 1.807) is 18.2 Å². The van der Waals surface area contributed by atoms with Crippen LogP contribution in [0.1, 0.15) is 51.4 Å². The van der Waals surface area contributed by atoms with E-state index in [0.717, 1.165) is 6.42 Å². The molecule has 1 aromatic carbocycles. The molecule has 1 rings (SSSR count). The van der Waals surface area contributed by atoms with Crippen LogP contribution in [0, 0.1) is 5.92 Å². The van der Waals surface area contributed by atoms with E-state index in [0.29, 0.717) is 36.2 Å². The summed E-state index contributed by atoms with van der Waals surface area (Å²) in [7, 11) is 0. The van der Waals surface area contributed by atoms with Gasteiger partial charge in [-0.15, -0.1) is 0 Å². The summed E-state index contributed by atoms with van der Waals surface area (Å²) in [5.74, 6) is 1.62. The van der Waals surface area contributed by atoms with Crippen molar-refractivity contribution in [3.05, 3.63) is 23.8 Å². The van der Waals surface area contributed by atoms with E-state index < -0.39 is 0 Å². The fourth-order valence-corrected chi connectivity index (χ4v) is 1.71. The third-order valence-corrected chi connectivity index (χ3v) is 3.33. The van der Waals surface area contributed by atoms with Gasteiger partial charge in [0.15, 0.2) is 11.5 Å². The molecule has 0 radical (unpaired) electrons. The van der Waals surface area contributed by atoms with Gasteiger partial charge in [-0.3, -0.25) is 4.79 Å². The Labute approximate surface area is 127 Å². The standard InChI is InChI=1S/C17H27NO3/c1-6-10-21-15-9-8-14(11-16(15)20-7-2)17(19)18-13(5)12(3)4/h8-9,11-13H,6-7,10H2,1-5H3,(H,18,19). The molecule has 0 fully saturated rings. The quantitative estimate of drug-likeness (QED) is 0.796. The number of ether oxygens (including phenoxy) is 2.